The van der Waals surface area contributed by atoms with Crippen molar-refractivity contribution in [3.8, 4) is 0 Å². The topological polar surface area (TPSA) is 26.0 Å². The summed E-state index contributed by atoms with van der Waals surface area (Å²) in [6.45, 7) is 1.93. The maximum absolute atomic E-state index is 13.7. The lowest BCUT2D eigenvalue weighted by atomic mass is 9.98. The summed E-state index contributed by atoms with van der Waals surface area (Å²) in [5.74, 6) is -1.23. The van der Waals surface area contributed by atoms with E-state index in [1.165, 1.54) is 12.1 Å². The van der Waals surface area contributed by atoms with Crippen molar-refractivity contribution < 1.29 is 8.78 Å². The Morgan fingerprint density at radius 2 is 1.83 bits per heavy atom. The molecule has 0 saturated heterocycles. The second-order valence-corrected chi connectivity index (χ2v) is 4.91. The van der Waals surface area contributed by atoms with E-state index in [-0.39, 0.29) is 5.56 Å². The minimum Gasteiger partial charge on any atom is -0.320 e. The molecule has 0 aliphatic heterocycles. The van der Waals surface area contributed by atoms with Gasteiger partial charge >= 0.3 is 0 Å². The normalized spacial score (nSPS) is 12.5. The van der Waals surface area contributed by atoms with Gasteiger partial charge in [0.15, 0.2) is 0 Å². The maximum atomic E-state index is 13.7. The first-order valence-electron chi connectivity index (χ1n) is 5.46. The summed E-state index contributed by atoms with van der Waals surface area (Å²) >= 11 is 3.44. The Labute approximate surface area is 113 Å². The van der Waals surface area contributed by atoms with Crippen molar-refractivity contribution in [2.24, 2.45) is 5.73 Å². The van der Waals surface area contributed by atoms with Crippen LogP contribution in [0.4, 0.5) is 8.78 Å². The van der Waals surface area contributed by atoms with Crippen LogP contribution in [0.2, 0.25) is 0 Å². The molecule has 0 bridgehead atoms. The molecule has 0 saturated carbocycles. The average molecular weight is 312 g/mol. The van der Waals surface area contributed by atoms with Gasteiger partial charge in [-0.25, -0.2) is 8.78 Å². The van der Waals surface area contributed by atoms with E-state index in [1.54, 1.807) is 0 Å². The molecule has 2 N–H and O–H groups in total. The molecule has 2 aromatic carbocycles. The molecule has 18 heavy (non-hydrogen) atoms. The number of aryl methyl sites for hydroxylation is 1. The van der Waals surface area contributed by atoms with E-state index >= 15 is 0 Å². The van der Waals surface area contributed by atoms with E-state index in [0.29, 0.717) is 0 Å². The lowest BCUT2D eigenvalue weighted by molar-refractivity contribution is 0.565. The average Bonchev–Trinajstić information content (AvgIpc) is 2.32. The van der Waals surface area contributed by atoms with Crippen LogP contribution in [-0.2, 0) is 0 Å². The second-order valence-electron chi connectivity index (χ2n) is 4.12. The Balaban J connectivity index is 2.48. The van der Waals surface area contributed by atoms with Crippen molar-refractivity contribution in [1.82, 2.24) is 0 Å². The summed E-state index contributed by atoms with van der Waals surface area (Å²) in [5, 5.41) is 0. The molecule has 0 spiro atoms. The number of hydrogen-bond acceptors (Lipinski definition) is 1. The molecule has 2 aromatic rings. The molecule has 0 aliphatic carbocycles. The Hall–Kier alpha value is -1.26. The van der Waals surface area contributed by atoms with Gasteiger partial charge in [-0.3, -0.25) is 0 Å². The highest BCUT2D eigenvalue weighted by Crippen LogP contribution is 2.30. The number of halogens is 3. The van der Waals surface area contributed by atoms with Crippen LogP contribution in [0.15, 0.2) is 40.9 Å². The van der Waals surface area contributed by atoms with Crippen molar-refractivity contribution in [2.75, 3.05) is 0 Å². The molecule has 0 fully saturated rings. The molecular weight excluding hydrogens is 300 g/mol. The SMILES string of the molecule is Cc1cccc(C(N)c2ccc(F)cc2F)c1Br. The predicted octanol–water partition coefficient (Wildman–Crippen LogP) is 4.08. The Morgan fingerprint density at radius 3 is 2.50 bits per heavy atom. The van der Waals surface area contributed by atoms with E-state index < -0.39 is 17.7 Å². The molecule has 4 heteroatoms. The third-order valence-electron chi connectivity index (χ3n) is 2.85. The highest BCUT2D eigenvalue weighted by atomic mass is 79.9. The first-order valence-corrected chi connectivity index (χ1v) is 6.25. The predicted molar refractivity (Wildman–Crippen MR) is 71.3 cm³/mol. The number of benzene rings is 2. The molecule has 0 aromatic heterocycles. The van der Waals surface area contributed by atoms with Crippen LogP contribution < -0.4 is 5.73 Å². The van der Waals surface area contributed by atoms with E-state index in [1.807, 2.05) is 25.1 Å². The molecule has 0 aliphatic rings. The quantitative estimate of drug-likeness (QED) is 0.888. The van der Waals surface area contributed by atoms with Crippen molar-refractivity contribution in [3.05, 3.63) is 69.2 Å². The fourth-order valence-corrected chi connectivity index (χ4v) is 2.34. The molecule has 0 heterocycles. The fourth-order valence-electron chi connectivity index (χ4n) is 1.83. The smallest absolute Gasteiger partial charge is 0.131 e. The van der Waals surface area contributed by atoms with Gasteiger partial charge in [-0.1, -0.05) is 40.2 Å². The highest BCUT2D eigenvalue weighted by molar-refractivity contribution is 9.10. The molecule has 1 atom stereocenters. The zero-order chi connectivity index (χ0) is 13.3. The fraction of sp³-hybridized carbons (Fsp3) is 0.143. The zero-order valence-corrected chi connectivity index (χ0v) is 11.3. The van der Waals surface area contributed by atoms with Crippen LogP contribution in [0.25, 0.3) is 0 Å². The molecule has 1 nitrogen and oxygen atoms in total. The Kier molecular flexibility index (Phi) is 3.78. The molecule has 94 valence electrons. The Bertz CT molecular complexity index is 584. The first kappa shape index (κ1) is 13.2. The number of nitrogens with two attached hydrogens (primary N) is 1. The highest BCUT2D eigenvalue weighted by Gasteiger charge is 2.17. The van der Waals surface area contributed by atoms with Gasteiger partial charge in [-0.05, 0) is 24.1 Å². The van der Waals surface area contributed by atoms with Gasteiger partial charge in [-0.2, -0.15) is 0 Å². The minimum atomic E-state index is -0.629. The summed E-state index contributed by atoms with van der Waals surface area (Å²) in [5.41, 5.74) is 8.12. The minimum absolute atomic E-state index is 0.280. The zero-order valence-electron chi connectivity index (χ0n) is 9.75. The number of rotatable bonds is 2. The monoisotopic (exact) mass is 311 g/mol. The van der Waals surface area contributed by atoms with Gasteiger partial charge in [0, 0.05) is 16.1 Å². The molecule has 0 amide bonds. The van der Waals surface area contributed by atoms with Crippen LogP contribution >= 0.6 is 15.9 Å². The second kappa shape index (κ2) is 5.16. The van der Waals surface area contributed by atoms with Crippen molar-refractivity contribution >= 4 is 15.9 Å². The molecule has 1 unspecified atom stereocenters. The number of hydrogen-bond donors (Lipinski definition) is 1. The van der Waals surface area contributed by atoms with Gasteiger partial charge < -0.3 is 5.73 Å². The summed E-state index contributed by atoms with van der Waals surface area (Å²) in [7, 11) is 0. The lowest BCUT2D eigenvalue weighted by Gasteiger charge is -2.16. The lowest BCUT2D eigenvalue weighted by Crippen LogP contribution is -2.14. The Morgan fingerprint density at radius 1 is 1.11 bits per heavy atom. The molecule has 2 rings (SSSR count). The van der Waals surface area contributed by atoms with Crippen molar-refractivity contribution in [3.63, 3.8) is 0 Å². The van der Waals surface area contributed by atoms with E-state index in [2.05, 4.69) is 15.9 Å². The van der Waals surface area contributed by atoms with E-state index in [4.69, 9.17) is 5.73 Å². The van der Waals surface area contributed by atoms with Crippen LogP contribution in [0, 0.1) is 18.6 Å². The maximum Gasteiger partial charge on any atom is 0.131 e. The van der Waals surface area contributed by atoms with Crippen LogP contribution in [0.3, 0.4) is 0 Å². The standard InChI is InChI=1S/C14H12BrF2N/c1-8-3-2-4-11(13(8)15)14(18)10-6-5-9(16)7-12(10)17/h2-7,14H,18H2,1H3. The van der Waals surface area contributed by atoms with Gasteiger partial charge in [-0.15, -0.1) is 0 Å². The third kappa shape index (κ3) is 2.44. The molecular formula is C14H12BrF2N. The van der Waals surface area contributed by atoms with Gasteiger partial charge in [0.2, 0.25) is 0 Å². The summed E-state index contributed by atoms with van der Waals surface area (Å²) in [6.07, 6.45) is 0. The van der Waals surface area contributed by atoms with Gasteiger partial charge in [0.25, 0.3) is 0 Å². The van der Waals surface area contributed by atoms with E-state index in [0.717, 1.165) is 21.7 Å². The summed E-state index contributed by atoms with van der Waals surface area (Å²) in [6, 6.07) is 8.42. The van der Waals surface area contributed by atoms with Crippen molar-refractivity contribution in [2.45, 2.75) is 13.0 Å². The summed E-state index contributed by atoms with van der Waals surface area (Å²) < 4.78 is 27.4. The van der Waals surface area contributed by atoms with Crippen LogP contribution in [0.5, 0.6) is 0 Å². The largest absolute Gasteiger partial charge is 0.320 e. The van der Waals surface area contributed by atoms with Gasteiger partial charge in [0.05, 0.1) is 6.04 Å². The van der Waals surface area contributed by atoms with E-state index in [9.17, 15) is 8.78 Å². The van der Waals surface area contributed by atoms with Gasteiger partial charge in [0.1, 0.15) is 11.6 Å². The van der Waals surface area contributed by atoms with Crippen molar-refractivity contribution in [1.29, 1.82) is 0 Å². The molecule has 0 radical (unpaired) electrons. The van der Waals surface area contributed by atoms with Crippen LogP contribution in [0.1, 0.15) is 22.7 Å². The third-order valence-corrected chi connectivity index (χ3v) is 3.94. The summed E-state index contributed by atoms with van der Waals surface area (Å²) in [4.78, 5) is 0. The van der Waals surface area contributed by atoms with Crippen LogP contribution in [-0.4, -0.2) is 0 Å². The first-order chi connectivity index (χ1) is 8.50.